The van der Waals surface area contributed by atoms with Gasteiger partial charge in [-0.15, -0.1) is 0 Å². The summed E-state index contributed by atoms with van der Waals surface area (Å²) in [6, 6.07) is 3.97. The maximum absolute atomic E-state index is 14.3. The van der Waals surface area contributed by atoms with Crippen LogP contribution in [0, 0.1) is 17.1 Å². The van der Waals surface area contributed by atoms with Gasteiger partial charge in [-0.05, 0) is 25.0 Å². The van der Waals surface area contributed by atoms with E-state index < -0.39 is 18.0 Å². The summed E-state index contributed by atoms with van der Waals surface area (Å²) in [7, 11) is 2.83. The summed E-state index contributed by atoms with van der Waals surface area (Å²) in [5.41, 5.74) is 0.214. The van der Waals surface area contributed by atoms with Gasteiger partial charge in [-0.1, -0.05) is 0 Å². The second-order valence-electron chi connectivity index (χ2n) is 6.23. The number of benzene rings is 1. The summed E-state index contributed by atoms with van der Waals surface area (Å²) >= 11 is 0. The number of anilines is 2. The van der Waals surface area contributed by atoms with E-state index in [0.717, 1.165) is 6.07 Å². The molecule has 148 valence electrons. The van der Waals surface area contributed by atoms with Crippen molar-refractivity contribution in [2.24, 2.45) is 0 Å². The highest BCUT2D eigenvalue weighted by Crippen LogP contribution is 2.37. The SMILES string of the molecule is CNc1nc(-c2cc(F)c(C#N)c(OC)c2)cc(N2CCCC2C(F)(F)F)n1. The van der Waals surface area contributed by atoms with Gasteiger partial charge in [0.25, 0.3) is 0 Å². The summed E-state index contributed by atoms with van der Waals surface area (Å²) in [4.78, 5) is 9.55. The first kappa shape index (κ1) is 19.7. The third-order valence-electron chi connectivity index (χ3n) is 4.54. The fraction of sp³-hybridized carbons (Fsp3) is 0.389. The van der Waals surface area contributed by atoms with Crippen LogP contribution in [0.15, 0.2) is 18.2 Å². The summed E-state index contributed by atoms with van der Waals surface area (Å²) in [5.74, 6) is -0.600. The van der Waals surface area contributed by atoms with Crippen molar-refractivity contribution < 1.29 is 22.3 Å². The number of ether oxygens (including phenoxy) is 1. The normalized spacial score (nSPS) is 16.8. The van der Waals surface area contributed by atoms with Gasteiger partial charge in [-0.25, -0.2) is 9.37 Å². The zero-order valence-corrected chi connectivity index (χ0v) is 15.1. The molecule has 2 heterocycles. The third-order valence-corrected chi connectivity index (χ3v) is 4.54. The number of halogens is 4. The Morgan fingerprint density at radius 1 is 1.29 bits per heavy atom. The van der Waals surface area contributed by atoms with Crippen molar-refractivity contribution in [3.8, 4) is 23.1 Å². The van der Waals surface area contributed by atoms with Gasteiger partial charge in [0.15, 0.2) is 0 Å². The minimum absolute atomic E-state index is 0.0120. The van der Waals surface area contributed by atoms with E-state index >= 15 is 0 Å². The first-order chi connectivity index (χ1) is 13.3. The molecule has 0 saturated carbocycles. The van der Waals surface area contributed by atoms with Gasteiger partial charge in [0.2, 0.25) is 5.95 Å². The molecule has 1 fully saturated rings. The Hall–Kier alpha value is -3.09. The molecular weight excluding hydrogens is 378 g/mol. The van der Waals surface area contributed by atoms with Crippen molar-refractivity contribution in [1.82, 2.24) is 9.97 Å². The molecule has 1 aliphatic rings. The number of rotatable bonds is 4. The average molecular weight is 395 g/mol. The summed E-state index contributed by atoms with van der Waals surface area (Å²) in [6.45, 7) is 0.203. The number of methoxy groups -OCH3 is 1. The van der Waals surface area contributed by atoms with Crippen LogP contribution in [0.2, 0.25) is 0 Å². The zero-order valence-electron chi connectivity index (χ0n) is 15.1. The van der Waals surface area contributed by atoms with Crippen molar-refractivity contribution in [2.75, 3.05) is 30.9 Å². The topological polar surface area (TPSA) is 74.1 Å². The minimum atomic E-state index is -4.38. The summed E-state index contributed by atoms with van der Waals surface area (Å²) < 4.78 is 59.3. The highest BCUT2D eigenvalue weighted by Gasteiger charge is 2.46. The standard InChI is InChI=1S/C18H17F4N5O/c1-24-17-25-13(10-6-12(19)11(9-23)14(7-10)28-2)8-16(26-17)27-5-3-4-15(27)18(20,21)22/h6-8,15H,3-5H2,1-2H3,(H,24,25,26). The first-order valence-corrected chi connectivity index (χ1v) is 8.46. The van der Waals surface area contributed by atoms with Gasteiger partial charge < -0.3 is 15.0 Å². The second kappa shape index (κ2) is 7.50. The van der Waals surface area contributed by atoms with Crippen LogP contribution < -0.4 is 15.0 Å². The van der Waals surface area contributed by atoms with E-state index in [1.54, 1.807) is 6.07 Å². The largest absolute Gasteiger partial charge is 0.495 e. The monoisotopic (exact) mass is 395 g/mol. The van der Waals surface area contributed by atoms with Gasteiger partial charge in [-0.2, -0.15) is 23.4 Å². The van der Waals surface area contributed by atoms with Crippen molar-refractivity contribution in [2.45, 2.75) is 25.1 Å². The summed E-state index contributed by atoms with van der Waals surface area (Å²) in [6.07, 6.45) is -4.01. The van der Waals surface area contributed by atoms with Gasteiger partial charge in [0.1, 0.15) is 35.1 Å². The van der Waals surface area contributed by atoms with Crippen molar-refractivity contribution in [3.05, 3.63) is 29.6 Å². The number of nitrogens with one attached hydrogen (secondary N) is 1. The fourth-order valence-corrected chi connectivity index (χ4v) is 3.22. The predicted octanol–water partition coefficient (Wildman–Crippen LogP) is 3.74. The summed E-state index contributed by atoms with van der Waals surface area (Å²) in [5, 5.41) is 11.8. The molecule has 3 rings (SSSR count). The highest BCUT2D eigenvalue weighted by molar-refractivity contribution is 5.68. The molecule has 1 unspecified atom stereocenters. The lowest BCUT2D eigenvalue weighted by Crippen LogP contribution is -2.41. The second-order valence-corrected chi connectivity index (χ2v) is 6.23. The lowest BCUT2D eigenvalue weighted by Gasteiger charge is -2.28. The number of nitrogens with zero attached hydrogens (tertiary/aromatic N) is 4. The van der Waals surface area contributed by atoms with Gasteiger partial charge in [-0.3, -0.25) is 0 Å². The van der Waals surface area contributed by atoms with E-state index in [1.807, 2.05) is 0 Å². The van der Waals surface area contributed by atoms with Gasteiger partial charge in [0.05, 0.1) is 12.8 Å². The average Bonchev–Trinajstić information content (AvgIpc) is 3.17. The molecule has 1 aromatic carbocycles. The number of alkyl halides is 3. The minimum Gasteiger partial charge on any atom is -0.495 e. The molecule has 1 atom stereocenters. The molecule has 0 spiro atoms. The third kappa shape index (κ3) is 3.65. The molecule has 10 heteroatoms. The maximum Gasteiger partial charge on any atom is 0.408 e. The van der Waals surface area contributed by atoms with E-state index in [2.05, 4.69) is 15.3 Å². The van der Waals surface area contributed by atoms with Crippen molar-refractivity contribution in [1.29, 1.82) is 5.26 Å². The number of nitriles is 1. The quantitative estimate of drug-likeness (QED) is 0.796. The van der Waals surface area contributed by atoms with Crippen LogP contribution in [-0.4, -0.2) is 42.9 Å². The number of hydrogen-bond donors (Lipinski definition) is 1. The number of hydrogen-bond acceptors (Lipinski definition) is 6. The Labute approximate surface area is 158 Å². The Kier molecular flexibility index (Phi) is 5.27. The molecule has 1 saturated heterocycles. The smallest absolute Gasteiger partial charge is 0.408 e. The molecule has 0 aliphatic carbocycles. The molecule has 1 aromatic heterocycles. The van der Waals surface area contributed by atoms with Crippen LogP contribution >= 0.6 is 0 Å². The van der Waals surface area contributed by atoms with Gasteiger partial charge in [0, 0.05) is 25.2 Å². The molecule has 0 radical (unpaired) electrons. The molecule has 0 amide bonds. The Morgan fingerprint density at radius 3 is 2.64 bits per heavy atom. The van der Waals surface area contributed by atoms with E-state index in [1.165, 1.54) is 31.2 Å². The Bertz CT molecular complexity index is 925. The zero-order chi connectivity index (χ0) is 20.5. The van der Waals surface area contributed by atoms with E-state index in [-0.39, 0.29) is 47.3 Å². The molecule has 2 aromatic rings. The molecule has 1 N–H and O–H groups in total. The number of aromatic nitrogens is 2. The first-order valence-electron chi connectivity index (χ1n) is 8.46. The van der Waals surface area contributed by atoms with Crippen LogP contribution in [0.3, 0.4) is 0 Å². The fourth-order valence-electron chi connectivity index (χ4n) is 3.22. The van der Waals surface area contributed by atoms with E-state index in [4.69, 9.17) is 10.00 Å². The van der Waals surface area contributed by atoms with Crippen LogP contribution in [0.5, 0.6) is 5.75 Å². The maximum atomic E-state index is 14.3. The predicted molar refractivity (Wildman–Crippen MR) is 94.7 cm³/mol. The van der Waals surface area contributed by atoms with Crippen LogP contribution in [-0.2, 0) is 0 Å². The lowest BCUT2D eigenvalue weighted by atomic mass is 10.1. The lowest BCUT2D eigenvalue weighted by molar-refractivity contribution is -0.146. The highest BCUT2D eigenvalue weighted by atomic mass is 19.4. The molecular formula is C18H17F4N5O. The van der Waals surface area contributed by atoms with Crippen molar-refractivity contribution >= 4 is 11.8 Å². The molecule has 0 bridgehead atoms. The van der Waals surface area contributed by atoms with E-state index in [9.17, 15) is 17.6 Å². The van der Waals surface area contributed by atoms with E-state index in [0.29, 0.717) is 6.42 Å². The van der Waals surface area contributed by atoms with Gasteiger partial charge >= 0.3 is 6.18 Å². The van der Waals surface area contributed by atoms with Crippen LogP contribution in [0.4, 0.5) is 29.3 Å². The van der Waals surface area contributed by atoms with Crippen molar-refractivity contribution in [3.63, 3.8) is 0 Å². The Balaban J connectivity index is 2.10. The van der Waals surface area contributed by atoms with Crippen LogP contribution in [0.25, 0.3) is 11.3 Å². The molecule has 6 nitrogen and oxygen atoms in total. The van der Waals surface area contributed by atoms with Crippen LogP contribution in [0.1, 0.15) is 18.4 Å². The molecule has 28 heavy (non-hydrogen) atoms. The molecule has 1 aliphatic heterocycles. The Morgan fingerprint density at radius 2 is 2.04 bits per heavy atom.